The maximum Gasteiger partial charge on any atom is 0.113 e. The summed E-state index contributed by atoms with van der Waals surface area (Å²) in [6.07, 6.45) is 10.4. The van der Waals surface area contributed by atoms with E-state index in [1.54, 1.807) is 4.88 Å². The van der Waals surface area contributed by atoms with Gasteiger partial charge in [-0.15, -0.1) is 11.3 Å². The quantitative estimate of drug-likeness (QED) is 0.908. The van der Waals surface area contributed by atoms with Crippen LogP contribution < -0.4 is 5.32 Å². The van der Waals surface area contributed by atoms with Crippen molar-refractivity contribution in [3.63, 3.8) is 0 Å². The Bertz CT molecular complexity index is 474. The van der Waals surface area contributed by atoms with E-state index in [-0.39, 0.29) is 5.54 Å². The van der Waals surface area contributed by atoms with Gasteiger partial charge in [0.15, 0.2) is 0 Å². The monoisotopic (exact) mass is 291 g/mol. The lowest BCUT2D eigenvalue weighted by Crippen LogP contribution is -2.52. The smallest absolute Gasteiger partial charge is 0.113 e. The molecule has 2 unspecified atom stereocenters. The Hall–Kier alpha value is -0.450. The zero-order chi connectivity index (χ0) is 13.6. The molecule has 0 bridgehead atoms. The van der Waals surface area contributed by atoms with E-state index in [1.807, 2.05) is 11.3 Å². The molecule has 2 atom stereocenters. The van der Waals surface area contributed by atoms with E-state index in [9.17, 15) is 0 Å². The van der Waals surface area contributed by atoms with Gasteiger partial charge in [-0.1, -0.05) is 0 Å². The van der Waals surface area contributed by atoms with Gasteiger partial charge in [0.1, 0.15) is 5.01 Å². The maximum atomic E-state index is 5.07. The van der Waals surface area contributed by atoms with Crippen molar-refractivity contribution in [2.75, 3.05) is 20.1 Å². The molecule has 1 aromatic heterocycles. The highest BCUT2D eigenvalue weighted by Crippen LogP contribution is 2.42. The Balaban J connectivity index is 1.65. The minimum atomic E-state index is 0.160. The minimum absolute atomic E-state index is 0.160. The first-order valence-electron chi connectivity index (χ1n) is 8.23. The average molecular weight is 291 g/mol. The molecule has 0 amide bonds. The van der Waals surface area contributed by atoms with Crippen LogP contribution in [0.2, 0.25) is 0 Å². The summed E-state index contributed by atoms with van der Waals surface area (Å²) in [5.74, 6) is 0. The van der Waals surface area contributed by atoms with Gasteiger partial charge in [0.2, 0.25) is 0 Å². The van der Waals surface area contributed by atoms with Crippen molar-refractivity contribution in [1.29, 1.82) is 0 Å². The zero-order valence-corrected chi connectivity index (χ0v) is 13.3. The second-order valence-corrected chi connectivity index (χ2v) is 7.80. The third-order valence-electron chi connectivity index (χ3n) is 5.64. The van der Waals surface area contributed by atoms with Crippen LogP contribution in [0.1, 0.15) is 54.1 Å². The van der Waals surface area contributed by atoms with Gasteiger partial charge in [-0.05, 0) is 65.0 Å². The topological polar surface area (TPSA) is 28.2 Å². The molecule has 1 N–H and O–H groups in total. The number of fused-ring (bicyclic) bond motifs is 2. The largest absolute Gasteiger partial charge is 0.308 e. The molecule has 3 nitrogen and oxygen atoms in total. The number of rotatable bonds is 2. The molecule has 4 heteroatoms. The van der Waals surface area contributed by atoms with Crippen LogP contribution in [-0.2, 0) is 18.4 Å². The second-order valence-electron chi connectivity index (χ2n) is 6.71. The summed E-state index contributed by atoms with van der Waals surface area (Å²) in [6.45, 7) is 2.56. The number of thiazole rings is 1. The molecule has 20 heavy (non-hydrogen) atoms. The standard InChI is InChI=1S/C16H25N3S/c1-17-16(8-10-19-9-4-5-12(19)11-16)15-18-13-6-2-3-7-14(13)20-15/h12,17H,2-11H2,1H3. The van der Waals surface area contributed by atoms with E-state index in [4.69, 9.17) is 4.98 Å². The van der Waals surface area contributed by atoms with Crippen LogP contribution in [0.4, 0.5) is 0 Å². The van der Waals surface area contributed by atoms with Crippen molar-refractivity contribution in [1.82, 2.24) is 15.2 Å². The van der Waals surface area contributed by atoms with Crippen molar-refractivity contribution in [2.24, 2.45) is 0 Å². The van der Waals surface area contributed by atoms with E-state index >= 15 is 0 Å². The first-order chi connectivity index (χ1) is 9.81. The Morgan fingerprint density at radius 3 is 3.00 bits per heavy atom. The molecule has 1 aromatic rings. The molecule has 3 aliphatic rings. The van der Waals surface area contributed by atoms with Crippen molar-refractivity contribution in [3.8, 4) is 0 Å². The molecular weight excluding hydrogens is 266 g/mol. The second kappa shape index (κ2) is 5.08. The molecule has 2 aliphatic heterocycles. The van der Waals surface area contributed by atoms with E-state index in [0.717, 1.165) is 6.04 Å². The van der Waals surface area contributed by atoms with E-state index in [0.29, 0.717) is 0 Å². The molecule has 0 spiro atoms. The van der Waals surface area contributed by atoms with Crippen LogP contribution >= 0.6 is 11.3 Å². The van der Waals surface area contributed by atoms with Crippen LogP contribution in [0.15, 0.2) is 0 Å². The lowest BCUT2D eigenvalue weighted by Gasteiger charge is -2.43. The van der Waals surface area contributed by atoms with Gasteiger partial charge in [-0.25, -0.2) is 4.98 Å². The van der Waals surface area contributed by atoms with Gasteiger partial charge >= 0.3 is 0 Å². The summed E-state index contributed by atoms with van der Waals surface area (Å²) in [5, 5.41) is 5.06. The molecule has 1 aliphatic carbocycles. The number of aryl methyl sites for hydroxylation is 2. The predicted molar refractivity (Wildman–Crippen MR) is 83.3 cm³/mol. The molecule has 3 heterocycles. The fourth-order valence-electron chi connectivity index (χ4n) is 4.34. The molecule has 2 fully saturated rings. The van der Waals surface area contributed by atoms with E-state index in [1.165, 1.54) is 75.2 Å². The van der Waals surface area contributed by atoms with Gasteiger partial charge in [0.05, 0.1) is 11.2 Å². The first-order valence-corrected chi connectivity index (χ1v) is 9.04. The fraction of sp³-hybridized carbons (Fsp3) is 0.812. The summed E-state index contributed by atoms with van der Waals surface area (Å²) in [6, 6.07) is 0.789. The number of nitrogens with one attached hydrogen (secondary N) is 1. The van der Waals surface area contributed by atoms with Crippen LogP contribution in [0, 0.1) is 0 Å². The van der Waals surface area contributed by atoms with Gasteiger partial charge in [-0.2, -0.15) is 0 Å². The van der Waals surface area contributed by atoms with Crippen LogP contribution in [0.25, 0.3) is 0 Å². The number of piperidine rings is 1. The van der Waals surface area contributed by atoms with Crippen molar-refractivity contribution >= 4 is 11.3 Å². The SMILES string of the molecule is CNC1(c2nc3c(s2)CCCC3)CCN2CCCC2C1. The highest BCUT2D eigenvalue weighted by Gasteiger charge is 2.43. The summed E-state index contributed by atoms with van der Waals surface area (Å²) >= 11 is 2.01. The van der Waals surface area contributed by atoms with E-state index < -0.39 is 0 Å². The highest BCUT2D eigenvalue weighted by molar-refractivity contribution is 7.11. The highest BCUT2D eigenvalue weighted by atomic mass is 32.1. The van der Waals surface area contributed by atoms with Gasteiger partial charge in [0.25, 0.3) is 0 Å². The average Bonchev–Trinajstić information content (AvgIpc) is 3.12. The van der Waals surface area contributed by atoms with Crippen molar-refractivity contribution < 1.29 is 0 Å². The Labute approximate surface area is 125 Å². The minimum Gasteiger partial charge on any atom is -0.308 e. The molecule has 0 radical (unpaired) electrons. The summed E-state index contributed by atoms with van der Waals surface area (Å²) in [7, 11) is 2.14. The number of nitrogens with zero attached hydrogens (tertiary/aromatic N) is 2. The third kappa shape index (κ3) is 2.04. The van der Waals surface area contributed by atoms with Crippen LogP contribution in [0.5, 0.6) is 0 Å². The lowest BCUT2D eigenvalue weighted by atomic mass is 9.83. The maximum absolute atomic E-state index is 5.07. The predicted octanol–water partition coefficient (Wildman–Crippen LogP) is 2.69. The molecule has 0 saturated carbocycles. The molecule has 0 aromatic carbocycles. The summed E-state index contributed by atoms with van der Waals surface area (Å²) < 4.78 is 0. The number of aromatic nitrogens is 1. The first kappa shape index (κ1) is 13.2. The van der Waals surface area contributed by atoms with Gasteiger partial charge in [-0.3, -0.25) is 0 Å². The Morgan fingerprint density at radius 1 is 1.25 bits per heavy atom. The molecular formula is C16H25N3S. The van der Waals surface area contributed by atoms with Crippen LogP contribution in [-0.4, -0.2) is 36.1 Å². The lowest BCUT2D eigenvalue weighted by molar-refractivity contribution is 0.110. The number of hydrogen-bond donors (Lipinski definition) is 1. The fourth-order valence-corrected chi connectivity index (χ4v) is 5.73. The molecule has 110 valence electrons. The molecule has 4 rings (SSSR count). The Morgan fingerprint density at radius 2 is 2.15 bits per heavy atom. The van der Waals surface area contributed by atoms with Crippen molar-refractivity contribution in [3.05, 3.63) is 15.6 Å². The zero-order valence-electron chi connectivity index (χ0n) is 12.5. The van der Waals surface area contributed by atoms with Crippen molar-refractivity contribution in [2.45, 2.75) is 62.9 Å². The third-order valence-corrected chi connectivity index (χ3v) is 7.00. The van der Waals surface area contributed by atoms with E-state index in [2.05, 4.69) is 17.3 Å². The van der Waals surface area contributed by atoms with Crippen LogP contribution in [0.3, 0.4) is 0 Å². The summed E-state index contributed by atoms with van der Waals surface area (Å²) in [5.41, 5.74) is 1.58. The normalized spacial score (nSPS) is 34.0. The summed E-state index contributed by atoms with van der Waals surface area (Å²) in [4.78, 5) is 9.35. The van der Waals surface area contributed by atoms with Gasteiger partial charge in [0, 0.05) is 17.5 Å². The molecule has 2 saturated heterocycles. The number of hydrogen-bond acceptors (Lipinski definition) is 4. The van der Waals surface area contributed by atoms with Gasteiger partial charge < -0.3 is 10.2 Å². The Kier molecular flexibility index (Phi) is 3.36.